The second-order valence-corrected chi connectivity index (χ2v) is 6.92. The van der Waals surface area contributed by atoms with Crippen LogP contribution in [0.2, 0.25) is 0 Å². The summed E-state index contributed by atoms with van der Waals surface area (Å²) in [6, 6.07) is 13.9. The molecule has 0 fully saturated rings. The predicted octanol–water partition coefficient (Wildman–Crippen LogP) is 5.24. The molecule has 28 heavy (non-hydrogen) atoms. The van der Waals surface area contributed by atoms with Crippen molar-refractivity contribution in [3.8, 4) is 11.1 Å². The average Bonchev–Trinajstić information content (AvgIpc) is 2.66. The van der Waals surface area contributed by atoms with Crippen molar-refractivity contribution >= 4 is 27.7 Å². The lowest BCUT2D eigenvalue weighted by Crippen LogP contribution is -2.15. The molecule has 3 aromatic rings. The van der Waals surface area contributed by atoms with Crippen molar-refractivity contribution in [2.75, 3.05) is 5.32 Å². The number of carbonyl (C=O) groups excluding carboxylic acids is 1. The molecule has 144 valence electrons. The fourth-order valence-electron chi connectivity index (χ4n) is 2.72. The number of anilines is 1. The number of rotatable bonds is 5. The minimum Gasteiger partial charge on any atom is -0.366 e. The number of pyridine rings is 1. The van der Waals surface area contributed by atoms with E-state index in [1.54, 1.807) is 12.1 Å². The standard InChI is InChI=1S/C20H15BrF3N3O/c21-14-6-3-12(4-7-14)11-27-19-16(2-1-9-26-19)15-8-5-13(18(25)28)10-17(15)20(22,23)24/h1-10H,11H2,(H2,25,28)(H,26,27). The molecule has 1 amide bonds. The number of nitrogens with two attached hydrogens (primary N) is 1. The van der Waals surface area contributed by atoms with Crippen molar-refractivity contribution in [2.24, 2.45) is 5.73 Å². The molecule has 0 atom stereocenters. The van der Waals surface area contributed by atoms with Gasteiger partial charge in [0, 0.05) is 28.3 Å². The van der Waals surface area contributed by atoms with Crippen LogP contribution >= 0.6 is 15.9 Å². The predicted molar refractivity (Wildman–Crippen MR) is 105 cm³/mol. The fraction of sp³-hybridized carbons (Fsp3) is 0.100. The molecule has 1 aromatic heterocycles. The molecular weight excluding hydrogens is 435 g/mol. The van der Waals surface area contributed by atoms with Crippen molar-refractivity contribution in [1.29, 1.82) is 0 Å². The van der Waals surface area contributed by atoms with Crippen molar-refractivity contribution < 1.29 is 18.0 Å². The largest absolute Gasteiger partial charge is 0.417 e. The second kappa shape index (κ2) is 8.02. The summed E-state index contributed by atoms with van der Waals surface area (Å²) in [5.41, 5.74) is 5.13. The third-order valence-corrected chi connectivity index (χ3v) is 4.61. The van der Waals surface area contributed by atoms with E-state index in [2.05, 4.69) is 26.2 Å². The van der Waals surface area contributed by atoms with Crippen molar-refractivity contribution in [3.63, 3.8) is 0 Å². The minimum absolute atomic E-state index is 0.0797. The summed E-state index contributed by atoms with van der Waals surface area (Å²) < 4.78 is 41.7. The topological polar surface area (TPSA) is 68.0 Å². The molecule has 8 heteroatoms. The highest BCUT2D eigenvalue weighted by Crippen LogP contribution is 2.39. The van der Waals surface area contributed by atoms with Crippen molar-refractivity contribution in [1.82, 2.24) is 4.98 Å². The number of primary amides is 1. The summed E-state index contributed by atoms with van der Waals surface area (Å²) in [5, 5.41) is 3.08. The van der Waals surface area contributed by atoms with Crippen LogP contribution in [0.15, 0.2) is 65.3 Å². The summed E-state index contributed by atoms with van der Waals surface area (Å²) in [6.07, 6.45) is -3.15. The molecule has 4 nitrogen and oxygen atoms in total. The number of amides is 1. The van der Waals surface area contributed by atoms with Crippen LogP contribution in [-0.4, -0.2) is 10.9 Å². The number of carbonyl (C=O) groups is 1. The summed E-state index contributed by atoms with van der Waals surface area (Å²) in [6.45, 7) is 0.387. The number of nitrogens with zero attached hydrogens (tertiary/aromatic N) is 1. The molecule has 1 heterocycles. The van der Waals surface area contributed by atoms with Gasteiger partial charge in [0.2, 0.25) is 5.91 Å². The summed E-state index contributed by atoms with van der Waals surface area (Å²) in [5.74, 6) is -0.612. The zero-order chi connectivity index (χ0) is 20.3. The summed E-state index contributed by atoms with van der Waals surface area (Å²) in [4.78, 5) is 15.5. The zero-order valence-electron chi connectivity index (χ0n) is 14.4. The van der Waals surface area contributed by atoms with Crippen LogP contribution in [0.5, 0.6) is 0 Å². The van der Waals surface area contributed by atoms with E-state index in [0.717, 1.165) is 16.1 Å². The lowest BCUT2D eigenvalue weighted by atomic mass is 9.97. The van der Waals surface area contributed by atoms with E-state index >= 15 is 0 Å². The molecule has 0 aliphatic rings. The molecule has 0 aliphatic carbocycles. The normalized spacial score (nSPS) is 11.3. The quantitative estimate of drug-likeness (QED) is 0.559. The van der Waals surface area contributed by atoms with Crippen LogP contribution in [0.3, 0.4) is 0 Å². The van der Waals surface area contributed by atoms with Crippen LogP contribution in [-0.2, 0) is 12.7 Å². The first-order valence-electron chi connectivity index (χ1n) is 8.20. The van der Waals surface area contributed by atoms with E-state index in [0.29, 0.717) is 12.4 Å². The molecule has 3 N–H and O–H groups in total. The maximum Gasteiger partial charge on any atom is 0.417 e. The van der Waals surface area contributed by atoms with Crippen LogP contribution in [0, 0.1) is 0 Å². The van der Waals surface area contributed by atoms with Gasteiger partial charge >= 0.3 is 6.18 Å². The van der Waals surface area contributed by atoms with Gasteiger partial charge < -0.3 is 11.1 Å². The Morgan fingerprint density at radius 3 is 2.43 bits per heavy atom. The van der Waals surface area contributed by atoms with Crippen LogP contribution in [0.1, 0.15) is 21.5 Å². The van der Waals surface area contributed by atoms with Gasteiger partial charge in [-0.25, -0.2) is 4.98 Å². The van der Waals surface area contributed by atoms with E-state index in [-0.39, 0.29) is 16.7 Å². The first-order chi connectivity index (χ1) is 13.3. The highest BCUT2D eigenvalue weighted by Gasteiger charge is 2.35. The molecule has 0 aliphatic heterocycles. The van der Waals surface area contributed by atoms with Gasteiger partial charge in [0.15, 0.2) is 0 Å². The maximum atomic E-state index is 13.6. The number of hydrogen-bond donors (Lipinski definition) is 2. The molecule has 0 saturated carbocycles. The highest BCUT2D eigenvalue weighted by molar-refractivity contribution is 9.10. The molecular formula is C20H15BrF3N3O. The third-order valence-electron chi connectivity index (χ3n) is 4.08. The van der Waals surface area contributed by atoms with Gasteiger partial charge in [0.25, 0.3) is 0 Å². The molecule has 0 spiro atoms. The van der Waals surface area contributed by atoms with Gasteiger partial charge in [-0.3, -0.25) is 4.79 Å². The Morgan fingerprint density at radius 1 is 1.07 bits per heavy atom. The third kappa shape index (κ3) is 4.51. The summed E-state index contributed by atoms with van der Waals surface area (Å²) in [7, 11) is 0. The maximum absolute atomic E-state index is 13.6. The van der Waals surface area contributed by atoms with E-state index in [9.17, 15) is 18.0 Å². The van der Waals surface area contributed by atoms with Gasteiger partial charge in [-0.05, 0) is 47.5 Å². The highest BCUT2D eigenvalue weighted by atomic mass is 79.9. The minimum atomic E-state index is -4.65. The van der Waals surface area contributed by atoms with E-state index in [4.69, 9.17) is 5.73 Å². The number of alkyl halides is 3. The SMILES string of the molecule is NC(=O)c1ccc(-c2cccnc2NCc2ccc(Br)cc2)c(C(F)(F)F)c1. The molecule has 2 aromatic carbocycles. The Hall–Kier alpha value is -2.87. The molecule has 0 bridgehead atoms. The lowest BCUT2D eigenvalue weighted by molar-refractivity contribution is -0.137. The van der Waals surface area contributed by atoms with E-state index < -0.39 is 17.6 Å². The number of halogens is 4. The number of nitrogens with one attached hydrogen (secondary N) is 1. The van der Waals surface area contributed by atoms with Crippen LogP contribution < -0.4 is 11.1 Å². The molecule has 0 radical (unpaired) electrons. The second-order valence-electron chi connectivity index (χ2n) is 6.00. The molecule has 0 unspecified atom stereocenters. The van der Waals surface area contributed by atoms with Crippen molar-refractivity contribution in [2.45, 2.75) is 12.7 Å². The monoisotopic (exact) mass is 449 g/mol. The number of hydrogen-bond acceptors (Lipinski definition) is 3. The molecule has 0 saturated heterocycles. The Labute approximate surface area is 167 Å². The van der Waals surface area contributed by atoms with Gasteiger partial charge in [0.05, 0.1) is 5.56 Å². The van der Waals surface area contributed by atoms with Gasteiger partial charge in [-0.15, -0.1) is 0 Å². The van der Waals surface area contributed by atoms with Crippen molar-refractivity contribution in [3.05, 3.63) is 82.0 Å². The van der Waals surface area contributed by atoms with E-state index in [1.165, 1.54) is 18.3 Å². The average molecular weight is 450 g/mol. The van der Waals surface area contributed by atoms with Gasteiger partial charge in [-0.1, -0.05) is 34.1 Å². The Morgan fingerprint density at radius 2 is 1.79 bits per heavy atom. The molecule has 3 rings (SSSR count). The van der Waals surface area contributed by atoms with E-state index in [1.807, 2.05) is 24.3 Å². The first-order valence-corrected chi connectivity index (χ1v) is 9.00. The lowest BCUT2D eigenvalue weighted by Gasteiger charge is -2.17. The zero-order valence-corrected chi connectivity index (χ0v) is 16.0. The first kappa shape index (κ1) is 19.9. The van der Waals surface area contributed by atoms with Crippen LogP contribution in [0.4, 0.5) is 19.0 Å². The van der Waals surface area contributed by atoms with Crippen LogP contribution in [0.25, 0.3) is 11.1 Å². The van der Waals surface area contributed by atoms with Gasteiger partial charge in [-0.2, -0.15) is 13.2 Å². The fourth-order valence-corrected chi connectivity index (χ4v) is 2.98. The number of benzene rings is 2. The van der Waals surface area contributed by atoms with Gasteiger partial charge in [0.1, 0.15) is 5.82 Å². The smallest absolute Gasteiger partial charge is 0.366 e. The summed E-state index contributed by atoms with van der Waals surface area (Å²) >= 11 is 3.35. The number of aromatic nitrogens is 1. The Kier molecular flexibility index (Phi) is 5.69. The Balaban J connectivity index is 2.00. The Bertz CT molecular complexity index is 1000.